The lowest BCUT2D eigenvalue weighted by Crippen LogP contribution is -2.37. The van der Waals surface area contributed by atoms with Crippen LogP contribution in [0.25, 0.3) is 0 Å². The van der Waals surface area contributed by atoms with Gasteiger partial charge < -0.3 is 16.2 Å². The average molecular weight is 223 g/mol. The summed E-state index contributed by atoms with van der Waals surface area (Å²) in [6, 6.07) is 2.42. The number of amides is 1. The number of hydrogen-bond donors (Lipinski definition) is 3. The summed E-state index contributed by atoms with van der Waals surface area (Å²) in [6.45, 7) is 1.87. The molecule has 1 rings (SSSR count). The van der Waals surface area contributed by atoms with Crippen LogP contribution in [0.4, 0.5) is 0 Å². The number of hydrogen-bond acceptors (Lipinski definition) is 4. The Morgan fingerprint density at radius 1 is 1.56 bits per heavy atom. The Kier molecular flexibility index (Phi) is 3.96. The van der Waals surface area contributed by atoms with Gasteiger partial charge in [-0.05, 0) is 18.6 Å². The molecule has 0 aromatic carbocycles. The van der Waals surface area contributed by atoms with Gasteiger partial charge in [0.2, 0.25) is 5.91 Å². The quantitative estimate of drug-likeness (QED) is 0.652. The highest BCUT2D eigenvalue weighted by molar-refractivity contribution is 5.85. The molecule has 0 radical (unpaired) electrons. The SMILES string of the molecule is C[C@@H](N)C(=O)NCc1ccc(C(=O)O)nc1. The van der Waals surface area contributed by atoms with Crippen molar-refractivity contribution in [3.63, 3.8) is 0 Å². The van der Waals surface area contributed by atoms with Crippen molar-refractivity contribution in [1.82, 2.24) is 10.3 Å². The highest BCUT2D eigenvalue weighted by Crippen LogP contribution is 2.00. The molecule has 0 aliphatic heterocycles. The minimum atomic E-state index is -1.08. The first-order valence-electron chi connectivity index (χ1n) is 4.72. The van der Waals surface area contributed by atoms with E-state index < -0.39 is 12.0 Å². The van der Waals surface area contributed by atoms with E-state index >= 15 is 0 Å². The van der Waals surface area contributed by atoms with Crippen molar-refractivity contribution in [1.29, 1.82) is 0 Å². The zero-order valence-corrected chi connectivity index (χ0v) is 8.80. The Morgan fingerprint density at radius 3 is 2.69 bits per heavy atom. The van der Waals surface area contributed by atoms with Gasteiger partial charge in [-0.1, -0.05) is 6.07 Å². The van der Waals surface area contributed by atoms with Crippen molar-refractivity contribution in [2.75, 3.05) is 0 Å². The van der Waals surface area contributed by atoms with Crippen molar-refractivity contribution < 1.29 is 14.7 Å². The van der Waals surface area contributed by atoms with E-state index in [9.17, 15) is 9.59 Å². The summed E-state index contributed by atoms with van der Waals surface area (Å²) >= 11 is 0. The van der Waals surface area contributed by atoms with Crippen LogP contribution in [0.3, 0.4) is 0 Å². The summed E-state index contributed by atoms with van der Waals surface area (Å²) < 4.78 is 0. The lowest BCUT2D eigenvalue weighted by atomic mass is 10.2. The van der Waals surface area contributed by atoms with Crippen LogP contribution in [0.15, 0.2) is 18.3 Å². The fraction of sp³-hybridized carbons (Fsp3) is 0.300. The fourth-order valence-corrected chi connectivity index (χ4v) is 1.01. The summed E-state index contributed by atoms with van der Waals surface area (Å²) in [4.78, 5) is 25.4. The molecular weight excluding hydrogens is 210 g/mol. The topological polar surface area (TPSA) is 105 Å². The number of rotatable bonds is 4. The molecule has 1 aromatic heterocycles. The molecule has 6 nitrogen and oxygen atoms in total. The molecule has 0 unspecified atom stereocenters. The Bertz CT molecular complexity index is 387. The van der Waals surface area contributed by atoms with Crippen LogP contribution in [0.1, 0.15) is 23.0 Å². The molecule has 0 fully saturated rings. The van der Waals surface area contributed by atoms with Crippen molar-refractivity contribution in [2.24, 2.45) is 5.73 Å². The molecule has 4 N–H and O–H groups in total. The lowest BCUT2D eigenvalue weighted by Gasteiger charge is -2.07. The molecule has 6 heteroatoms. The van der Waals surface area contributed by atoms with E-state index in [1.165, 1.54) is 12.3 Å². The number of nitrogens with one attached hydrogen (secondary N) is 1. The maximum Gasteiger partial charge on any atom is 0.354 e. The Morgan fingerprint density at radius 2 is 2.25 bits per heavy atom. The van der Waals surface area contributed by atoms with E-state index in [0.29, 0.717) is 0 Å². The van der Waals surface area contributed by atoms with Gasteiger partial charge in [-0.3, -0.25) is 4.79 Å². The van der Waals surface area contributed by atoms with Gasteiger partial charge in [0.1, 0.15) is 5.69 Å². The van der Waals surface area contributed by atoms with Crippen LogP contribution in [0, 0.1) is 0 Å². The Labute approximate surface area is 92.5 Å². The van der Waals surface area contributed by atoms with Crippen molar-refractivity contribution in [3.8, 4) is 0 Å². The van der Waals surface area contributed by atoms with Crippen molar-refractivity contribution in [2.45, 2.75) is 19.5 Å². The van der Waals surface area contributed by atoms with E-state index in [1.54, 1.807) is 13.0 Å². The zero-order chi connectivity index (χ0) is 12.1. The molecular formula is C10H13N3O3. The second-order valence-corrected chi connectivity index (χ2v) is 3.36. The third-order valence-electron chi connectivity index (χ3n) is 1.92. The second kappa shape index (κ2) is 5.22. The first-order chi connectivity index (χ1) is 7.50. The first-order valence-corrected chi connectivity index (χ1v) is 4.72. The summed E-state index contributed by atoms with van der Waals surface area (Å²) in [5.41, 5.74) is 6.05. The molecule has 86 valence electrons. The standard InChI is InChI=1S/C10H13N3O3/c1-6(11)9(14)13-5-7-2-3-8(10(15)16)12-4-7/h2-4,6H,5,11H2,1H3,(H,13,14)(H,15,16)/t6-/m1/s1. The Balaban J connectivity index is 2.56. The number of aromatic nitrogens is 1. The van der Waals surface area contributed by atoms with Gasteiger partial charge in [-0.25, -0.2) is 9.78 Å². The number of nitrogens with zero attached hydrogens (tertiary/aromatic N) is 1. The van der Waals surface area contributed by atoms with Gasteiger partial charge in [-0.15, -0.1) is 0 Å². The molecule has 0 saturated carbocycles. The predicted octanol–water partition coefficient (Wildman–Crippen LogP) is -0.257. The van der Waals surface area contributed by atoms with E-state index in [1.807, 2.05) is 0 Å². The van der Waals surface area contributed by atoms with Crippen molar-refractivity contribution in [3.05, 3.63) is 29.6 Å². The number of nitrogens with two attached hydrogens (primary N) is 1. The van der Waals surface area contributed by atoms with Gasteiger partial charge in [0.15, 0.2) is 0 Å². The second-order valence-electron chi connectivity index (χ2n) is 3.36. The predicted molar refractivity (Wildman–Crippen MR) is 56.7 cm³/mol. The molecule has 1 amide bonds. The van der Waals surface area contributed by atoms with Gasteiger partial charge in [-0.2, -0.15) is 0 Å². The van der Waals surface area contributed by atoms with E-state index in [-0.39, 0.29) is 18.1 Å². The highest BCUT2D eigenvalue weighted by atomic mass is 16.4. The average Bonchev–Trinajstić information content (AvgIpc) is 2.26. The molecule has 0 aliphatic carbocycles. The summed E-state index contributed by atoms with van der Waals surface area (Å²) in [7, 11) is 0. The number of carbonyl (C=O) groups excluding carboxylic acids is 1. The maximum absolute atomic E-state index is 11.1. The van der Waals surface area contributed by atoms with Crippen molar-refractivity contribution >= 4 is 11.9 Å². The van der Waals surface area contributed by atoms with E-state index in [4.69, 9.17) is 10.8 Å². The van der Waals surface area contributed by atoms with Gasteiger partial charge in [0.05, 0.1) is 6.04 Å². The van der Waals surface area contributed by atoms with E-state index in [2.05, 4.69) is 10.3 Å². The van der Waals surface area contributed by atoms with Gasteiger partial charge in [0, 0.05) is 12.7 Å². The zero-order valence-electron chi connectivity index (χ0n) is 8.80. The number of carboxylic acids is 1. The number of carbonyl (C=O) groups is 2. The maximum atomic E-state index is 11.1. The molecule has 0 aliphatic rings. The van der Waals surface area contributed by atoms with Gasteiger partial charge in [0.25, 0.3) is 0 Å². The van der Waals surface area contributed by atoms with Crippen LogP contribution < -0.4 is 11.1 Å². The number of aromatic carboxylic acids is 1. The van der Waals surface area contributed by atoms with Crippen LogP contribution in [0.5, 0.6) is 0 Å². The largest absolute Gasteiger partial charge is 0.477 e. The monoisotopic (exact) mass is 223 g/mol. The molecule has 16 heavy (non-hydrogen) atoms. The third kappa shape index (κ3) is 3.32. The first kappa shape index (κ1) is 12.1. The minimum Gasteiger partial charge on any atom is -0.477 e. The van der Waals surface area contributed by atoms with Gasteiger partial charge >= 0.3 is 5.97 Å². The number of carboxylic acid groups (broad SMARTS) is 1. The Hall–Kier alpha value is -1.95. The van der Waals surface area contributed by atoms with E-state index in [0.717, 1.165) is 5.56 Å². The summed E-state index contributed by atoms with van der Waals surface area (Å²) in [5, 5.41) is 11.2. The van der Waals surface area contributed by atoms with Crippen LogP contribution in [-0.4, -0.2) is 28.0 Å². The number of pyridine rings is 1. The smallest absolute Gasteiger partial charge is 0.354 e. The lowest BCUT2D eigenvalue weighted by molar-refractivity contribution is -0.122. The minimum absolute atomic E-state index is 0.0257. The van der Waals surface area contributed by atoms with Crippen LogP contribution in [0.2, 0.25) is 0 Å². The van der Waals surface area contributed by atoms with Crippen LogP contribution >= 0.6 is 0 Å². The highest BCUT2D eigenvalue weighted by Gasteiger charge is 2.07. The fourth-order valence-electron chi connectivity index (χ4n) is 1.01. The summed E-state index contributed by atoms with van der Waals surface area (Å²) in [5.74, 6) is -1.34. The molecule has 1 heterocycles. The molecule has 1 aromatic rings. The molecule has 1 atom stereocenters. The molecule has 0 saturated heterocycles. The normalized spacial score (nSPS) is 11.9. The molecule has 0 bridgehead atoms. The molecule has 0 spiro atoms. The third-order valence-corrected chi connectivity index (χ3v) is 1.92. The summed E-state index contributed by atoms with van der Waals surface area (Å²) in [6.07, 6.45) is 1.41. The van der Waals surface area contributed by atoms with Crippen LogP contribution in [-0.2, 0) is 11.3 Å².